The molecule has 2 amide bonds. The minimum absolute atomic E-state index is 0.0325. The number of benzene rings is 2. The molecule has 0 fully saturated rings. The fourth-order valence-corrected chi connectivity index (χ4v) is 3.75. The summed E-state index contributed by atoms with van der Waals surface area (Å²) in [5.41, 5.74) is 3.16. The first-order valence-electron chi connectivity index (χ1n) is 11.5. The number of halogens is 1. The van der Waals surface area contributed by atoms with Crippen molar-refractivity contribution in [3.05, 3.63) is 96.3 Å². The molecule has 3 heterocycles. The van der Waals surface area contributed by atoms with Crippen LogP contribution in [0, 0.1) is 24.1 Å². The molecule has 5 aromatic rings. The van der Waals surface area contributed by atoms with Crippen LogP contribution in [0.1, 0.15) is 11.3 Å². The third-order valence-corrected chi connectivity index (χ3v) is 5.45. The summed E-state index contributed by atoms with van der Waals surface area (Å²) in [6.45, 7) is 1.77. The van der Waals surface area contributed by atoms with Gasteiger partial charge < -0.3 is 10.1 Å². The van der Waals surface area contributed by atoms with Gasteiger partial charge in [0.05, 0.1) is 40.6 Å². The molecule has 2 aromatic carbocycles. The Hall–Kier alpha value is -5.50. The van der Waals surface area contributed by atoms with E-state index >= 15 is 0 Å². The zero-order chi connectivity index (χ0) is 26.6. The van der Waals surface area contributed by atoms with E-state index in [1.165, 1.54) is 16.8 Å². The summed E-state index contributed by atoms with van der Waals surface area (Å²) in [5.74, 6) is 0.409. The van der Waals surface area contributed by atoms with Gasteiger partial charge in [-0.25, -0.2) is 13.9 Å². The number of nitriles is 1. The van der Waals surface area contributed by atoms with Crippen LogP contribution in [-0.2, 0) is 7.05 Å². The van der Waals surface area contributed by atoms with Gasteiger partial charge in [-0.15, -0.1) is 0 Å². The molecule has 10 nitrogen and oxygen atoms in total. The number of aryl methyl sites for hydroxylation is 2. The van der Waals surface area contributed by atoms with Crippen LogP contribution in [0.5, 0.6) is 11.5 Å². The second kappa shape index (κ2) is 10.2. The fourth-order valence-electron chi connectivity index (χ4n) is 3.75. The Morgan fingerprint density at radius 2 is 1.92 bits per heavy atom. The number of carbonyl (C=O) groups excluding carboxylic acids is 1. The SMILES string of the molecule is Cc1cc(NC(=O)Nc2ccc(Oc3ccnc(-c4cnn(C)c4)c3)cc2F)n(-c2cccc(C#N)c2)n1. The number of ether oxygens (including phenoxy) is 1. The van der Waals surface area contributed by atoms with Gasteiger partial charge in [0.2, 0.25) is 0 Å². The lowest BCUT2D eigenvalue weighted by Crippen LogP contribution is -2.22. The van der Waals surface area contributed by atoms with Crippen molar-refractivity contribution in [3.63, 3.8) is 0 Å². The second-order valence-electron chi connectivity index (χ2n) is 8.35. The number of amides is 2. The van der Waals surface area contributed by atoms with Crippen LogP contribution >= 0.6 is 0 Å². The first-order chi connectivity index (χ1) is 18.4. The van der Waals surface area contributed by atoms with E-state index in [2.05, 4.69) is 31.9 Å². The zero-order valence-electron chi connectivity index (χ0n) is 20.4. The topological polar surface area (TPSA) is 123 Å². The molecule has 0 aliphatic rings. The predicted octanol–water partition coefficient (Wildman–Crippen LogP) is 5.42. The highest BCUT2D eigenvalue weighted by atomic mass is 19.1. The molecular weight excluding hydrogens is 487 g/mol. The summed E-state index contributed by atoms with van der Waals surface area (Å²) < 4.78 is 23.8. The third kappa shape index (κ3) is 5.34. The van der Waals surface area contributed by atoms with Crippen LogP contribution in [0.3, 0.4) is 0 Å². The molecule has 0 aliphatic heterocycles. The van der Waals surface area contributed by atoms with Crippen molar-refractivity contribution >= 4 is 17.5 Å². The Balaban J connectivity index is 1.28. The number of hydrogen-bond acceptors (Lipinski definition) is 6. The predicted molar refractivity (Wildman–Crippen MR) is 139 cm³/mol. The third-order valence-electron chi connectivity index (χ3n) is 5.45. The standard InChI is InChI=1S/C27H21FN8O2/c1-17-10-26(36(34-17)20-5-3-4-18(11-20)14-29)33-27(37)32-24-7-6-21(12-23(24)28)38-22-8-9-30-25(13-22)19-15-31-35(2)16-19/h3-13,15-16H,1-2H3,(H2,32,33,37). The quantitative estimate of drug-likeness (QED) is 0.316. The monoisotopic (exact) mass is 508 g/mol. The van der Waals surface area contributed by atoms with Crippen LogP contribution < -0.4 is 15.4 Å². The van der Waals surface area contributed by atoms with Gasteiger partial charge in [0.1, 0.15) is 23.1 Å². The Morgan fingerprint density at radius 3 is 2.68 bits per heavy atom. The van der Waals surface area contributed by atoms with Crippen molar-refractivity contribution in [1.29, 1.82) is 5.26 Å². The normalized spacial score (nSPS) is 10.6. The summed E-state index contributed by atoms with van der Waals surface area (Å²) in [6, 6.07) is 17.4. The first-order valence-corrected chi connectivity index (χ1v) is 11.5. The summed E-state index contributed by atoms with van der Waals surface area (Å²) in [4.78, 5) is 17.0. The molecule has 0 bridgehead atoms. The van der Waals surface area contributed by atoms with E-state index in [9.17, 15) is 14.4 Å². The minimum atomic E-state index is -0.675. The Bertz CT molecular complexity index is 1680. The van der Waals surface area contributed by atoms with Crippen molar-refractivity contribution in [2.75, 3.05) is 10.6 Å². The van der Waals surface area contributed by atoms with Gasteiger partial charge >= 0.3 is 6.03 Å². The fraction of sp³-hybridized carbons (Fsp3) is 0.0741. The molecule has 0 atom stereocenters. The smallest absolute Gasteiger partial charge is 0.324 e. The van der Waals surface area contributed by atoms with E-state index < -0.39 is 11.8 Å². The van der Waals surface area contributed by atoms with E-state index in [0.717, 1.165) is 5.56 Å². The number of hydrogen-bond donors (Lipinski definition) is 2. The summed E-state index contributed by atoms with van der Waals surface area (Å²) >= 11 is 0. The molecule has 2 N–H and O–H groups in total. The number of rotatable bonds is 6. The summed E-state index contributed by atoms with van der Waals surface area (Å²) in [7, 11) is 1.81. The molecule has 38 heavy (non-hydrogen) atoms. The number of nitrogens with one attached hydrogen (secondary N) is 2. The first kappa shape index (κ1) is 24.2. The number of carbonyl (C=O) groups is 1. The van der Waals surface area contributed by atoms with Gasteiger partial charge in [-0.3, -0.25) is 15.0 Å². The van der Waals surface area contributed by atoms with E-state index in [0.29, 0.717) is 34.2 Å². The molecule has 0 unspecified atom stereocenters. The van der Waals surface area contributed by atoms with Gasteiger partial charge in [0.15, 0.2) is 0 Å². The maximum Gasteiger partial charge on any atom is 0.324 e. The number of nitrogens with zero attached hydrogens (tertiary/aromatic N) is 6. The molecule has 0 saturated heterocycles. The highest BCUT2D eigenvalue weighted by molar-refractivity contribution is 5.99. The molecule has 0 spiro atoms. The van der Waals surface area contributed by atoms with Gasteiger partial charge in [0.25, 0.3) is 0 Å². The molecule has 0 aliphatic carbocycles. The lowest BCUT2D eigenvalue weighted by molar-refractivity contribution is 0.262. The second-order valence-corrected chi connectivity index (χ2v) is 8.35. The molecule has 0 saturated carbocycles. The molecule has 11 heteroatoms. The van der Waals surface area contributed by atoms with Gasteiger partial charge in [-0.2, -0.15) is 15.5 Å². The number of anilines is 2. The molecular formula is C27H21FN8O2. The maximum absolute atomic E-state index is 14.8. The van der Waals surface area contributed by atoms with Crippen molar-refractivity contribution < 1.29 is 13.9 Å². The van der Waals surface area contributed by atoms with Gasteiger partial charge in [0, 0.05) is 43.2 Å². The summed E-state index contributed by atoms with van der Waals surface area (Å²) in [6.07, 6.45) is 5.11. The van der Waals surface area contributed by atoms with E-state index in [1.54, 1.807) is 72.5 Å². The van der Waals surface area contributed by atoms with E-state index in [-0.39, 0.29) is 11.4 Å². The van der Waals surface area contributed by atoms with Crippen molar-refractivity contribution in [2.45, 2.75) is 6.92 Å². The van der Waals surface area contributed by atoms with Gasteiger partial charge in [-0.05, 0) is 43.3 Å². The average molecular weight is 509 g/mol. The Kier molecular flexibility index (Phi) is 6.52. The van der Waals surface area contributed by atoms with Crippen LogP contribution in [0.2, 0.25) is 0 Å². The lowest BCUT2D eigenvalue weighted by Gasteiger charge is -2.12. The highest BCUT2D eigenvalue weighted by Crippen LogP contribution is 2.28. The van der Waals surface area contributed by atoms with Crippen LogP contribution in [0.4, 0.5) is 20.7 Å². The van der Waals surface area contributed by atoms with Gasteiger partial charge in [-0.1, -0.05) is 6.07 Å². The maximum atomic E-state index is 14.8. The highest BCUT2D eigenvalue weighted by Gasteiger charge is 2.14. The Labute approximate surface area is 216 Å². The summed E-state index contributed by atoms with van der Waals surface area (Å²) in [5, 5.41) is 22.9. The van der Waals surface area contributed by atoms with Crippen LogP contribution in [-0.4, -0.2) is 30.6 Å². The molecule has 0 radical (unpaired) electrons. The van der Waals surface area contributed by atoms with Crippen LogP contribution in [0.15, 0.2) is 79.3 Å². The van der Waals surface area contributed by atoms with E-state index in [4.69, 9.17) is 4.74 Å². The van der Waals surface area contributed by atoms with Crippen molar-refractivity contribution in [3.8, 4) is 34.5 Å². The lowest BCUT2D eigenvalue weighted by atomic mass is 10.2. The van der Waals surface area contributed by atoms with Crippen LogP contribution in [0.25, 0.3) is 16.9 Å². The molecule has 188 valence electrons. The van der Waals surface area contributed by atoms with Crippen molar-refractivity contribution in [2.24, 2.45) is 7.05 Å². The molecule has 5 rings (SSSR count). The zero-order valence-corrected chi connectivity index (χ0v) is 20.4. The van der Waals surface area contributed by atoms with Crippen molar-refractivity contribution in [1.82, 2.24) is 24.5 Å². The Morgan fingerprint density at radius 1 is 1.08 bits per heavy atom. The average Bonchev–Trinajstić information content (AvgIpc) is 3.51. The largest absolute Gasteiger partial charge is 0.457 e. The number of urea groups is 1. The number of pyridine rings is 1. The molecule has 3 aromatic heterocycles. The number of aromatic nitrogens is 5. The van der Waals surface area contributed by atoms with E-state index in [1.807, 2.05) is 13.2 Å². The minimum Gasteiger partial charge on any atom is -0.457 e.